The van der Waals surface area contributed by atoms with E-state index in [0.29, 0.717) is 22.7 Å². The Hall–Kier alpha value is -2.50. The van der Waals surface area contributed by atoms with Gasteiger partial charge in [-0.2, -0.15) is 5.10 Å². The third-order valence-electron chi connectivity index (χ3n) is 3.02. The minimum absolute atomic E-state index is 0.274. The Balaban J connectivity index is 2.28. The summed E-state index contributed by atoms with van der Waals surface area (Å²) in [6, 6.07) is 5.11. The number of nitrogens with zero attached hydrogens (tertiary/aromatic N) is 2. The van der Waals surface area contributed by atoms with Gasteiger partial charge in [0.2, 0.25) is 0 Å². The van der Waals surface area contributed by atoms with E-state index in [1.807, 2.05) is 14.0 Å². The van der Waals surface area contributed by atoms with Gasteiger partial charge in [0.05, 0.1) is 29.7 Å². The molecule has 6 nitrogen and oxygen atoms in total. The molecule has 106 valence electrons. The van der Waals surface area contributed by atoms with Gasteiger partial charge in [0.1, 0.15) is 5.75 Å². The zero-order chi connectivity index (χ0) is 14.7. The lowest BCUT2D eigenvalue weighted by atomic mass is 10.1. The van der Waals surface area contributed by atoms with E-state index in [2.05, 4.69) is 10.4 Å². The maximum atomic E-state index is 12.3. The molecule has 2 aromatic rings. The van der Waals surface area contributed by atoms with Crippen LogP contribution in [0.4, 0.5) is 11.4 Å². The fourth-order valence-electron chi connectivity index (χ4n) is 2.01. The molecule has 1 amide bonds. The average Bonchev–Trinajstić information content (AvgIpc) is 2.78. The number of aromatic nitrogens is 2. The molecule has 1 aromatic heterocycles. The Labute approximate surface area is 117 Å². The Bertz CT molecular complexity index is 634. The summed E-state index contributed by atoms with van der Waals surface area (Å²) in [4.78, 5) is 12.3. The van der Waals surface area contributed by atoms with Gasteiger partial charge in [-0.15, -0.1) is 0 Å². The highest BCUT2D eigenvalue weighted by atomic mass is 16.5. The lowest BCUT2D eigenvalue weighted by Crippen LogP contribution is -2.15. The second-order valence-corrected chi connectivity index (χ2v) is 4.39. The van der Waals surface area contributed by atoms with Crippen LogP contribution in [-0.4, -0.2) is 22.8 Å². The number of carbonyl (C=O) groups is 1. The molecular weight excluding hydrogens is 256 g/mol. The number of nitrogens with one attached hydrogen (secondary N) is 1. The quantitative estimate of drug-likeness (QED) is 0.833. The maximum absolute atomic E-state index is 12.3. The van der Waals surface area contributed by atoms with Crippen molar-refractivity contribution in [2.45, 2.75) is 13.3 Å². The van der Waals surface area contributed by atoms with Crippen LogP contribution in [0.3, 0.4) is 0 Å². The number of ether oxygens (including phenoxy) is 1. The first-order valence-electron chi connectivity index (χ1n) is 6.33. The molecule has 0 saturated heterocycles. The molecule has 0 spiro atoms. The molecule has 20 heavy (non-hydrogen) atoms. The third-order valence-corrected chi connectivity index (χ3v) is 3.02. The Kier molecular flexibility index (Phi) is 3.93. The molecule has 0 fully saturated rings. The van der Waals surface area contributed by atoms with E-state index in [1.54, 1.807) is 29.1 Å². The van der Waals surface area contributed by atoms with E-state index in [1.165, 1.54) is 7.11 Å². The molecule has 0 aliphatic carbocycles. The molecule has 2 rings (SSSR count). The number of anilines is 2. The number of nitrogens with two attached hydrogens (primary N) is 1. The third kappa shape index (κ3) is 2.59. The van der Waals surface area contributed by atoms with Crippen LogP contribution in [0.2, 0.25) is 0 Å². The number of aryl methyl sites for hydroxylation is 2. The highest BCUT2D eigenvalue weighted by molar-refractivity contribution is 6.08. The summed E-state index contributed by atoms with van der Waals surface area (Å²) >= 11 is 0. The smallest absolute Gasteiger partial charge is 0.257 e. The van der Waals surface area contributed by atoms with Gasteiger partial charge in [0.15, 0.2) is 0 Å². The predicted molar refractivity (Wildman–Crippen MR) is 77.9 cm³/mol. The summed E-state index contributed by atoms with van der Waals surface area (Å²) in [7, 11) is 3.33. The van der Waals surface area contributed by atoms with E-state index >= 15 is 0 Å². The van der Waals surface area contributed by atoms with Crippen LogP contribution in [0, 0.1) is 0 Å². The number of nitrogen functional groups attached to an aromatic ring is 1. The molecule has 0 unspecified atom stereocenters. The molecule has 0 aliphatic heterocycles. The fraction of sp³-hybridized carbons (Fsp3) is 0.286. The number of methoxy groups -OCH3 is 1. The first-order valence-corrected chi connectivity index (χ1v) is 6.33. The van der Waals surface area contributed by atoms with Crippen molar-refractivity contribution in [2.24, 2.45) is 7.05 Å². The number of amides is 1. The Morgan fingerprint density at radius 2 is 2.25 bits per heavy atom. The zero-order valence-corrected chi connectivity index (χ0v) is 11.8. The minimum Gasteiger partial charge on any atom is -0.495 e. The van der Waals surface area contributed by atoms with E-state index in [0.717, 1.165) is 12.1 Å². The van der Waals surface area contributed by atoms with Gasteiger partial charge in [-0.1, -0.05) is 13.0 Å². The van der Waals surface area contributed by atoms with Crippen LogP contribution in [0.15, 0.2) is 24.4 Å². The molecule has 1 aromatic carbocycles. The second-order valence-electron chi connectivity index (χ2n) is 4.39. The summed E-state index contributed by atoms with van der Waals surface area (Å²) in [5.74, 6) is 0.212. The van der Waals surface area contributed by atoms with Crippen molar-refractivity contribution < 1.29 is 9.53 Å². The van der Waals surface area contributed by atoms with Gasteiger partial charge in [0, 0.05) is 13.2 Å². The molecular formula is C14H18N4O2. The summed E-state index contributed by atoms with van der Waals surface area (Å²) in [6.07, 6.45) is 2.51. The van der Waals surface area contributed by atoms with Gasteiger partial charge in [-0.25, -0.2) is 0 Å². The largest absolute Gasteiger partial charge is 0.495 e. The maximum Gasteiger partial charge on any atom is 0.257 e. The van der Waals surface area contributed by atoms with E-state index in [9.17, 15) is 4.79 Å². The van der Waals surface area contributed by atoms with Gasteiger partial charge in [-0.05, 0) is 18.6 Å². The number of benzene rings is 1. The summed E-state index contributed by atoms with van der Waals surface area (Å²) < 4.78 is 6.78. The molecule has 0 aliphatic rings. The van der Waals surface area contributed by atoms with Gasteiger partial charge < -0.3 is 15.8 Å². The standard InChI is InChI=1S/C14H18N4O2/c1-4-10-11(8-18(2)17-10)16-14(19)9-6-5-7-12(20-3)13(9)15/h5-8H,4,15H2,1-3H3,(H,16,19). The summed E-state index contributed by atoms with van der Waals surface area (Å²) in [5.41, 5.74) is 8.16. The molecule has 3 N–H and O–H groups in total. The monoisotopic (exact) mass is 274 g/mol. The van der Waals surface area contributed by atoms with Crippen LogP contribution in [0.1, 0.15) is 23.0 Å². The van der Waals surface area contributed by atoms with Crippen LogP contribution in [-0.2, 0) is 13.5 Å². The van der Waals surface area contributed by atoms with Crippen molar-refractivity contribution in [2.75, 3.05) is 18.2 Å². The molecule has 6 heteroatoms. The lowest BCUT2D eigenvalue weighted by molar-refractivity contribution is 0.102. The summed E-state index contributed by atoms with van der Waals surface area (Å²) in [5, 5.41) is 7.11. The zero-order valence-electron chi connectivity index (χ0n) is 11.8. The molecule has 0 bridgehead atoms. The fourth-order valence-corrected chi connectivity index (χ4v) is 2.01. The lowest BCUT2D eigenvalue weighted by Gasteiger charge is -2.10. The van der Waals surface area contributed by atoms with Crippen molar-refractivity contribution in [3.8, 4) is 5.75 Å². The highest BCUT2D eigenvalue weighted by Crippen LogP contribution is 2.26. The van der Waals surface area contributed by atoms with Crippen LogP contribution in [0.25, 0.3) is 0 Å². The van der Waals surface area contributed by atoms with E-state index in [4.69, 9.17) is 10.5 Å². The van der Waals surface area contributed by atoms with Gasteiger partial charge in [-0.3, -0.25) is 9.48 Å². The summed E-state index contributed by atoms with van der Waals surface area (Å²) in [6.45, 7) is 1.98. The number of hydrogen-bond donors (Lipinski definition) is 2. The number of rotatable bonds is 4. The van der Waals surface area contributed by atoms with Gasteiger partial charge >= 0.3 is 0 Å². The molecule has 1 heterocycles. The SMILES string of the molecule is CCc1nn(C)cc1NC(=O)c1cccc(OC)c1N. The van der Waals surface area contributed by atoms with E-state index < -0.39 is 0 Å². The first kappa shape index (κ1) is 13.9. The molecule has 0 radical (unpaired) electrons. The molecule has 0 saturated carbocycles. The number of para-hydroxylation sites is 1. The van der Waals surface area contributed by atoms with Crippen molar-refractivity contribution in [1.82, 2.24) is 9.78 Å². The topological polar surface area (TPSA) is 82.2 Å². The Morgan fingerprint density at radius 3 is 2.90 bits per heavy atom. The Morgan fingerprint density at radius 1 is 1.50 bits per heavy atom. The van der Waals surface area contributed by atoms with Crippen molar-refractivity contribution in [3.05, 3.63) is 35.7 Å². The number of hydrogen-bond acceptors (Lipinski definition) is 4. The van der Waals surface area contributed by atoms with Gasteiger partial charge in [0.25, 0.3) is 5.91 Å². The van der Waals surface area contributed by atoms with Crippen molar-refractivity contribution in [3.63, 3.8) is 0 Å². The average molecular weight is 274 g/mol. The second kappa shape index (κ2) is 5.64. The highest BCUT2D eigenvalue weighted by Gasteiger charge is 2.15. The van der Waals surface area contributed by atoms with Crippen molar-refractivity contribution >= 4 is 17.3 Å². The first-order chi connectivity index (χ1) is 9.56. The minimum atomic E-state index is -0.274. The number of carbonyl (C=O) groups excluding carboxylic acids is 1. The van der Waals surface area contributed by atoms with Crippen LogP contribution < -0.4 is 15.8 Å². The molecule has 0 atom stereocenters. The van der Waals surface area contributed by atoms with E-state index in [-0.39, 0.29) is 5.91 Å². The predicted octanol–water partition coefficient (Wildman–Crippen LogP) is 1.83. The normalized spacial score (nSPS) is 10.3. The van der Waals surface area contributed by atoms with Crippen molar-refractivity contribution in [1.29, 1.82) is 0 Å². The van der Waals surface area contributed by atoms with Crippen LogP contribution >= 0.6 is 0 Å². The van der Waals surface area contributed by atoms with Crippen LogP contribution in [0.5, 0.6) is 5.75 Å².